The molecule has 2 nitrogen and oxygen atoms in total. The monoisotopic (exact) mass is 274 g/mol. The Morgan fingerprint density at radius 3 is 2.79 bits per heavy atom. The third kappa shape index (κ3) is 2.67. The van der Waals surface area contributed by atoms with E-state index in [1.165, 1.54) is 47.4 Å². The number of nitrogens with zero attached hydrogens (tertiary/aromatic N) is 1. The lowest BCUT2D eigenvalue weighted by Gasteiger charge is -2.35. The van der Waals surface area contributed by atoms with Crippen LogP contribution < -0.4 is 5.73 Å². The molecule has 1 aromatic heterocycles. The SMILES string of the molecule is Cc1ccc2sc(CC3(CN)CCCCC3)nc2c1. The number of rotatable bonds is 3. The van der Waals surface area contributed by atoms with Crippen LogP contribution in [-0.2, 0) is 6.42 Å². The van der Waals surface area contributed by atoms with Crippen LogP contribution in [0.2, 0.25) is 0 Å². The second-order valence-electron chi connectivity index (χ2n) is 6.02. The van der Waals surface area contributed by atoms with Gasteiger partial charge in [-0.1, -0.05) is 25.3 Å². The van der Waals surface area contributed by atoms with Crippen LogP contribution in [0.15, 0.2) is 18.2 Å². The molecule has 19 heavy (non-hydrogen) atoms. The lowest BCUT2D eigenvalue weighted by atomic mass is 9.72. The van der Waals surface area contributed by atoms with Crippen molar-refractivity contribution >= 4 is 21.6 Å². The minimum absolute atomic E-state index is 0.321. The predicted octanol–water partition coefficient (Wildman–Crippen LogP) is 4.06. The third-order valence-corrected chi connectivity index (χ3v) is 5.50. The smallest absolute Gasteiger partial charge is 0.0944 e. The first-order valence-electron chi connectivity index (χ1n) is 7.27. The molecule has 3 rings (SSSR count). The molecule has 102 valence electrons. The van der Waals surface area contributed by atoms with Crippen molar-refractivity contribution in [3.05, 3.63) is 28.8 Å². The Bertz CT molecular complexity index is 567. The molecule has 1 saturated carbocycles. The Morgan fingerprint density at radius 1 is 1.26 bits per heavy atom. The summed E-state index contributed by atoms with van der Waals surface area (Å²) in [4.78, 5) is 4.82. The maximum Gasteiger partial charge on any atom is 0.0944 e. The van der Waals surface area contributed by atoms with Gasteiger partial charge >= 0.3 is 0 Å². The maximum absolute atomic E-state index is 6.08. The average molecular weight is 274 g/mol. The first-order valence-corrected chi connectivity index (χ1v) is 8.09. The fourth-order valence-corrected chi connectivity index (χ4v) is 4.36. The van der Waals surface area contributed by atoms with Crippen LogP contribution in [0.25, 0.3) is 10.2 Å². The highest BCUT2D eigenvalue weighted by Gasteiger charge is 2.31. The summed E-state index contributed by atoms with van der Waals surface area (Å²) >= 11 is 1.85. The van der Waals surface area contributed by atoms with E-state index in [2.05, 4.69) is 25.1 Å². The Kier molecular flexibility index (Phi) is 3.59. The zero-order chi connectivity index (χ0) is 13.3. The maximum atomic E-state index is 6.08. The molecular weight excluding hydrogens is 252 g/mol. The molecule has 0 spiro atoms. The van der Waals surface area contributed by atoms with E-state index < -0.39 is 0 Å². The Hall–Kier alpha value is -0.930. The second kappa shape index (κ2) is 5.22. The Morgan fingerprint density at radius 2 is 2.05 bits per heavy atom. The zero-order valence-corrected chi connectivity index (χ0v) is 12.4. The number of nitrogens with two attached hydrogens (primary N) is 1. The molecule has 2 aromatic rings. The van der Waals surface area contributed by atoms with Gasteiger partial charge in [0.25, 0.3) is 0 Å². The summed E-state index contributed by atoms with van der Waals surface area (Å²) in [6.45, 7) is 2.93. The van der Waals surface area contributed by atoms with Crippen molar-refractivity contribution in [1.82, 2.24) is 4.98 Å². The van der Waals surface area contributed by atoms with E-state index in [1.807, 2.05) is 11.3 Å². The van der Waals surface area contributed by atoms with Gasteiger partial charge in [-0.25, -0.2) is 4.98 Å². The van der Waals surface area contributed by atoms with Gasteiger partial charge in [0.15, 0.2) is 0 Å². The normalized spacial score (nSPS) is 18.8. The van der Waals surface area contributed by atoms with Gasteiger partial charge in [0.05, 0.1) is 15.2 Å². The van der Waals surface area contributed by atoms with Crippen LogP contribution in [0.5, 0.6) is 0 Å². The van der Waals surface area contributed by atoms with Gasteiger partial charge in [0.2, 0.25) is 0 Å². The number of hydrogen-bond acceptors (Lipinski definition) is 3. The van der Waals surface area contributed by atoms with Gasteiger partial charge in [0.1, 0.15) is 0 Å². The average Bonchev–Trinajstić information content (AvgIpc) is 2.81. The molecule has 0 aliphatic heterocycles. The molecule has 0 atom stereocenters. The molecule has 0 saturated heterocycles. The molecule has 0 amide bonds. The third-order valence-electron chi connectivity index (χ3n) is 4.46. The summed E-state index contributed by atoms with van der Waals surface area (Å²) in [7, 11) is 0. The van der Waals surface area contributed by atoms with Gasteiger partial charge in [0, 0.05) is 6.42 Å². The molecule has 1 aliphatic rings. The first kappa shape index (κ1) is 13.1. The Labute approximate surface area is 119 Å². The molecule has 0 bridgehead atoms. The predicted molar refractivity (Wildman–Crippen MR) is 82.6 cm³/mol. The molecule has 1 heterocycles. The number of benzene rings is 1. The lowest BCUT2D eigenvalue weighted by Crippen LogP contribution is -2.34. The molecule has 1 fully saturated rings. The molecule has 1 aromatic carbocycles. The van der Waals surface area contributed by atoms with Crippen LogP contribution in [0.1, 0.15) is 42.7 Å². The number of thiazole rings is 1. The second-order valence-corrected chi connectivity index (χ2v) is 7.14. The molecule has 0 unspecified atom stereocenters. The number of hydrogen-bond donors (Lipinski definition) is 1. The van der Waals surface area contributed by atoms with Crippen molar-refractivity contribution in [3.8, 4) is 0 Å². The summed E-state index contributed by atoms with van der Waals surface area (Å²) in [5, 5.41) is 1.27. The molecule has 1 aliphatic carbocycles. The topological polar surface area (TPSA) is 38.9 Å². The van der Waals surface area contributed by atoms with Crippen molar-refractivity contribution in [1.29, 1.82) is 0 Å². The highest BCUT2D eigenvalue weighted by atomic mass is 32.1. The quantitative estimate of drug-likeness (QED) is 0.916. The highest BCUT2D eigenvalue weighted by molar-refractivity contribution is 7.18. The summed E-state index contributed by atoms with van der Waals surface area (Å²) in [5.74, 6) is 0. The number of fused-ring (bicyclic) bond motifs is 1. The minimum atomic E-state index is 0.321. The van der Waals surface area contributed by atoms with Crippen LogP contribution in [0.4, 0.5) is 0 Å². The van der Waals surface area contributed by atoms with Crippen LogP contribution in [0, 0.1) is 12.3 Å². The van der Waals surface area contributed by atoms with Crippen molar-refractivity contribution in [3.63, 3.8) is 0 Å². The lowest BCUT2D eigenvalue weighted by molar-refractivity contribution is 0.197. The van der Waals surface area contributed by atoms with Gasteiger partial charge in [-0.05, 0) is 49.4 Å². The first-order chi connectivity index (χ1) is 9.21. The van der Waals surface area contributed by atoms with Crippen molar-refractivity contribution in [2.24, 2.45) is 11.1 Å². The van der Waals surface area contributed by atoms with Gasteiger partial charge < -0.3 is 5.73 Å². The largest absolute Gasteiger partial charge is 0.330 e. The van der Waals surface area contributed by atoms with Crippen molar-refractivity contribution in [2.45, 2.75) is 45.4 Å². The van der Waals surface area contributed by atoms with Crippen LogP contribution in [-0.4, -0.2) is 11.5 Å². The molecule has 0 radical (unpaired) electrons. The van der Waals surface area contributed by atoms with Crippen LogP contribution >= 0.6 is 11.3 Å². The van der Waals surface area contributed by atoms with E-state index in [9.17, 15) is 0 Å². The van der Waals surface area contributed by atoms with Crippen molar-refractivity contribution < 1.29 is 0 Å². The standard InChI is InChI=1S/C16H22N2S/c1-12-5-6-14-13(9-12)18-15(19-14)10-16(11-17)7-3-2-4-8-16/h5-6,9H,2-4,7-8,10-11,17H2,1H3. The highest BCUT2D eigenvalue weighted by Crippen LogP contribution is 2.39. The van der Waals surface area contributed by atoms with Gasteiger partial charge in [-0.2, -0.15) is 0 Å². The summed E-state index contributed by atoms with van der Waals surface area (Å²) in [5.41, 5.74) is 8.84. The summed E-state index contributed by atoms with van der Waals surface area (Å²) < 4.78 is 1.31. The minimum Gasteiger partial charge on any atom is -0.330 e. The van der Waals surface area contributed by atoms with Gasteiger partial charge in [-0.3, -0.25) is 0 Å². The van der Waals surface area contributed by atoms with E-state index in [-0.39, 0.29) is 0 Å². The summed E-state index contributed by atoms with van der Waals surface area (Å²) in [6, 6.07) is 6.55. The number of aryl methyl sites for hydroxylation is 1. The molecule has 2 N–H and O–H groups in total. The van der Waals surface area contributed by atoms with E-state index in [4.69, 9.17) is 10.7 Å². The van der Waals surface area contributed by atoms with E-state index in [0.29, 0.717) is 5.41 Å². The molecular formula is C16H22N2S. The fraction of sp³-hybridized carbons (Fsp3) is 0.562. The van der Waals surface area contributed by atoms with E-state index >= 15 is 0 Å². The van der Waals surface area contributed by atoms with E-state index in [0.717, 1.165) is 18.5 Å². The van der Waals surface area contributed by atoms with Crippen LogP contribution in [0.3, 0.4) is 0 Å². The number of aromatic nitrogens is 1. The van der Waals surface area contributed by atoms with Crippen molar-refractivity contribution in [2.75, 3.05) is 6.54 Å². The fourth-order valence-electron chi connectivity index (χ4n) is 3.24. The Balaban J connectivity index is 1.87. The van der Waals surface area contributed by atoms with E-state index in [1.54, 1.807) is 0 Å². The summed E-state index contributed by atoms with van der Waals surface area (Å²) in [6.07, 6.45) is 7.67. The zero-order valence-electron chi connectivity index (χ0n) is 11.6. The molecule has 3 heteroatoms. The van der Waals surface area contributed by atoms with Gasteiger partial charge in [-0.15, -0.1) is 11.3 Å².